The van der Waals surface area contributed by atoms with E-state index in [2.05, 4.69) is 0 Å². The fourth-order valence-electron chi connectivity index (χ4n) is 1.49. The van der Waals surface area contributed by atoms with Crippen molar-refractivity contribution in [3.8, 4) is 0 Å². The number of carboxylic acids is 1. The fraction of sp³-hybridized carbons (Fsp3) is 0.182. The zero-order chi connectivity index (χ0) is 11.0. The summed E-state index contributed by atoms with van der Waals surface area (Å²) in [5, 5.41) is 11.4. The highest BCUT2D eigenvalue weighted by atomic mass is 32.1. The van der Waals surface area contributed by atoms with E-state index in [0.717, 1.165) is 4.70 Å². The van der Waals surface area contributed by atoms with Gasteiger partial charge >= 0.3 is 5.97 Å². The van der Waals surface area contributed by atoms with Gasteiger partial charge in [-0.2, -0.15) is 0 Å². The van der Waals surface area contributed by atoms with Crippen LogP contribution in [0.3, 0.4) is 0 Å². The summed E-state index contributed by atoms with van der Waals surface area (Å²) in [6, 6.07) is 4.45. The van der Waals surface area contributed by atoms with Crippen molar-refractivity contribution in [1.29, 1.82) is 0 Å². The summed E-state index contributed by atoms with van der Waals surface area (Å²) in [5.41, 5.74) is 0.682. The Hall–Kier alpha value is -1.42. The fourth-order valence-corrected chi connectivity index (χ4v) is 2.52. The van der Waals surface area contributed by atoms with Gasteiger partial charge < -0.3 is 5.11 Å². The number of carbonyl (C=O) groups is 1. The van der Waals surface area contributed by atoms with Gasteiger partial charge in [-0.15, -0.1) is 11.3 Å². The minimum Gasteiger partial charge on any atom is -0.481 e. The molecule has 0 aliphatic rings. The van der Waals surface area contributed by atoms with Crippen molar-refractivity contribution in [1.82, 2.24) is 0 Å². The highest BCUT2D eigenvalue weighted by Crippen LogP contribution is 2.31. The van der Waals surface area contributed by atoms with Crippen molar-refractivity contribution in [2.45, 2.75) is 12.8 Å². The highest BCUT2D eigenvalue weighted by Gasteiger charge is 2.17. The first kappa shape index (κ1) is 10.1. The summed E-state index contributed by atoms with van der Waals surface area (Å²) in [7, 11) is 0. The van der Waals surface area contributed by atoms with Crippen molar-refractivity contribution in [2.75, 3.05) is 0 Å². The first-order valence-electron chi connectivity index (χ1n) is 4.49. The number of aliphatic carboxylic acids is 1. The smallest absolute Gasteiger partial charge is 0.310 e. The normalized spacial score (nSPS) is 12.9. The van der Waals surface area contributed by atoms with Gasteiger partial charge in [-0.05, 0) is 41.5 Å². The monoisotopic (exact) mass is 224 g/mol. The average Bonchev–Trinajstić information content (AvgIpc) is 2.59. The molecule has 0 spiro atoms. The van der Waals surface area contributed by atoms with Crippen molar-refractivity contribution < 1.29 is 14.3 Å². The Morgan fingerprint density at radius 3 is 2.93 bits per heavy atom. The highest BCUT2D eigenvalue weighted by molar-refractivity contribution is 7.17. The summed E-state index contributed by atoms with van der Waals surface area (Å²) in [4.78, 5) is 10.8. The second-order valence-corrected chi connectivity index (χ2v) is 4.30. The third kappa shape index (κ3) is 1.72. The number of rotatable bonds is 2. The zero-order valence-corrected chi connectivity index (χ0v) is 8.84. The predicted octanol–water partition coefficient (Wildman–Crippen LogP) is 3.23. The summed E-state index contributed by atoms with van der Waals surface area (Å²) < 4.78 is 13.9. The number of thiophene rings is 1. The largest absolute Gasteiger partial charge is 0.481 e. The van der Waals surface area contributed by atoms with E-state index in [1.165, 1.54) is 23.5 Å². The van der Waals surface area contributed by atoms with Gasteiger partial charge in [-0.3, -0.25) is 4.79 Å². The number of hydrogen-bond acceptors (Lipinski definition) is 2. The maximum atomic E-state index is 13.0. The second kappa shape index (κ2) is 3.62. The molecule has 0 amide bonds. The lowest BCUT2D eigenvalue weighted by Crippen LogP contribution is -2.06. The molecule has 1 unspecified atom stereocenters. The molecular formula is C11H9FO2S. The van der Waals surface area contributed by atoms with Crippen LogP contribution in [-0.2, 0) is 4.79 Å². The van der Waals surface area contributed by atoms with Crippen LogP contribution in [0.25, 0.3) is 10.1 Å². The molecule has 15 heavy (non-hydrogen) atoms. The average molecular weight is 224 g/mol. The molecule has 1 aromatic heterocycles. The first-order chi connectivity index (χ1) is 7.09. The van der Waals surface area contributed by atoms with Gasteiger partial charge in [-0.1, -0.05) is 0 Å². The molecule has 4 heteroatoms. The van der Waals surface area contributed by atoms with E-state index in [1.54, 1.807) is 18.4 Å². The molecule has 0 aliphatic heterocycles. The molecule has 1 aromatic carbocycles. The molecule has 2 nitrogen and oxygen atoms in total. The van der Waals surface area contributed by atoms with E-state index in [4.69, 9.17) is 5.11 Å². The molecule has 1 heterocycles. The molecule has 0 fully saturated rings. The quantitative estimate of drug-likeness (QED) is 0.850. The van der Waals surface area contributed by atoms with Gasteiger partial charge in [0.05, 0.1) is 5.92 Å². The van der Waals surface area contributed by atoms with Crippen LogP contribution < -0.4 is 0 Å². The Bertz CT molecular complexity index is 518. The van der Waals surface area contributed by atoms with Crippen LogP contribution in [-0.4, -0.2) is 11.1 Å². The number of benzene rings is 1. The minimum absolute atomic E-state index is 0.334. The summed E-state index contributed by atoms with van der Waals surface area (Å²) in [5.74, 6) is -1.82. The van der Waals surface area contributed by atoms with Crippen LogP contribution in [0.15, 0.2) is 23.6 Å². The van der Waals surface area contributed by atoms with Crippen LogP contribution in [0.4, 0.5) is 4.39 Å². The third-order valence-electron chi connectivity index (χ3n) is 2.40. The maximum absolute atomic E-state index is 13.0. The molecule has 0 bridgehead atoms. The van der Waals surface area contributed by atoms with E-state index < -0.39 is 11.9 Å². The lowest BCUT2D eigenvalue weighted by Gasteiger charge is -2.04. The van der Waals surface area contributed by atoms with E-state index in [-0.39, 0.29) is 5.82 Å². The number of halogens is 1. The lowest BCUT2D eigenvalue weighted by molar-refractivity contribution is -0.138. The Labute approximate surface area is 90.0 Å². The Morgan fingerprint density at radius 2 is 2.27 bits per heavy atom. The summed E-state index contributed by atoms with van der Waals surface area (Å²) in [6.45, 7) is 1.61. The lowest BCUT2D eigenvalue weighted by atomic mass is 10.0. The van der Waals surface area contributed by atoms with Gasteiger partial charge in [0.25, 0.3) is 0 Å². The topological polar surface area (TPSA) is 37.3 Å². The summed E-state index contributed by atoms with van der Waals surface area (Å²) in [6.07, 6.45) is 0. The molecule has 0 saturated heterocycles. The van der Waals surface area contributed by atoms with E-state index >= 15 is 0 Å². The van der Waals surface area contributed by atoms with Crippen molar-refractivity contribution >= 4 is 27.4 Å². The predicted molar refractivity (Wildman–Crippen MR) is 57.8 cm³/mol. The molecule has 78 valence electrons. The van der Waals surface area contributed by atoms with Crippen LogP contribution >= 0.6 is 11.3 Å². The zero-order valence-electron chi connectivity index (χ0n) is 8.03. The van der Waals surface area contributed by atoms with Crippen LogP contribution in [0.5, 0.6) is 0 Å². The van der Waals surface area contributed by atoms with E-state index in [1.807, 2.05) is 0 Å². The molecular weight excluding hydrogens is 215 g/mol. The molecule has 1 N–H and O–H groups in total. The van der Waals surface area contributed by atoms with Crippen molar-refractivity contribution in [3.05, 3.63) is 35.0 Å². The van der Waals surface area contributed by atoms with Crippen molar-refractivity contribution in [3.63, 3.8) is 0 Å². The Kier molecular flexibility index (Phi) is 2.44. The van der Waals surface area contributed by atoms with Crippen LogP contribution in [0, 0.1) is 5.82 Å². The van der Waals surface area contributed by atoms with Gasteiger partial charge in [0.15, 0.2) is 0 Å². The molecule has 2 aromatic rings. The SMILES string of the molecule is CC(C(=O)O)c1csc2ccc(F)cc12. The Balaban J connectivity index is 2.61. The van der Waals surface area contributed by atoms with Crippen molar-refractivity contribution in [2.24, 2.45) is 0 Å². The first-order valence-corrected chi connectivity index (χ1v) is 5.37. The van der Waals surface area contributed by atoms with E-state index in [0.29, 0.717) is 10.9 Å². The molecule has 0 aliphatic carbocycles. The van der Waals surface area contributed by atoms with Crippen LogP contribution in [0.2, 0.25) is 0 Å². The Morgan fingerprint density at radius 1 is 1.53 bits per heavy atom. The third-order valence-corrected chi connectivity index (χ3v) is 3.38. The van der Waals surface area contributed by atoms with E-state index in [9.17, 15) is 9.18 Å². The van der Waals surface area contributed by atoms with Gasteiger partial charge in [0.2, 0.25) is 0 Å². The molecule has 1 atom stereocenters. The second-order valence-electron chi connectivity index (χ2n) is 3.39. The number of hydrogen-bond donors (Lipinski definition) is 1. The molecule has 0 saturated carbocycles. The van der Waals surface area contributed by atoms with Crippen LogP contribution in [0.1, 0.15) is 18.4 Å². The number of fused-ring (bicyclic) bond motifs is 1. The van der Waals surface area contributed by atoms with Gasteiger partial charge in [0, 0.05) is 4.70 Å². The summed E-state index contributed by atoms with van der Waals surface area (Å²) >= 11 is 1.44. The standard InChI is InChI=1S/C11H9FO2S/c1-6(11(13)14)9-5-15-10-3-2-7(12)4-8(9)10/h2-6H,1H3,(H,13,14). The number of carboxylic acid groups (broad SMARTS) is 1. The maximum Gasteiger partial charge on any atom is 0.310 e. The van der Waals surface area contributed by atoms with Gasteiger partial charge in [0.1, 0.15) is 5.82 Å². The molecule has 0 radical (unpaired) electrons. The van der Waals surface area contributed by atoms with Gasteiger partial charge in [-0.25, -0.2) is 4.39 Å². The minimum atomic E-state index is -0.890. The molecule has 2 rings (SSSR count).